The largest absolute Gasteiger partial charge is 0.351 e. The minimum absolute atomic E-state index is 0.237. The van der Waals surface area contributed by atoms with Gasteiger partial charge in [-0.1, -0.05) is 23.8 Å². The van der Waals surface area contributed by atoms with Crippen LogP contribution in [0, 0.1) is 6.92 Å². The van der Waals surface area contributed by atoms with Crippen molar-refractivity contribution < 1.29 is 13.2 Å². The maximum Gasteiger partial charge on any atom is 0.269 e. The molecule has 2 rings (SSSR count). The second-order valence-corrected chi connectivity index (χ2v) is 6.80. The summed E-state index contributed by atoms with van der Waals surface area (Å²) in [6.07, 6.45) is 2.04. The molecule has 0 bridgehead atoms. The number of aryl methyl sites for hydroxylation is 1. The summed E-state index contributed by atoms with van der Waals surface area (Å²) in [5, 5.41) is 2.70. The molecule has 122 valence electrons. The topological polar surface area (TPSA) is 88.2 Å². The number of sulfonamides is 1. The molecule has 0 aliphatic rings. The summed E-state index contributed by atoms with van der Waals surface area (Å²) >= 11 is 0. The zero-order valence-corrected chi connectivity index (χ0v) is 13.6. The fourth-order valence-electron chi connectivity index (χ4n) is 1.89. The first-order valence-electron chi connectivity index (χ1n) is 7.24. The Morgan fingerprint density at radius 1 is 1.09 bits per heavy atom. The molecule has 0 atom stereocenters. The minimum atomic E-state index is -3.50. The number of nitrogens with one attached hydrogen (secondary N) is 2. The first-order valence-corrected chi connectivity index (χ1v) is 8.73. The normalized spacial score (nSPS) is 11.2. The molecule has 1 heterocycles. The van der Waals surface area contributed by atoms with Crippen molar-refractivity contribution in [1.29, 1.82) is 0 Å². The van der Waals surface area contributed by atoms with E-state index >= 15 is 0 Å². The quantitative estimate of drug-likeness (QED) is 0.752. The Morgan fingerprint density at radius 3 is 2.48 bits per heavy atom. The molecule has 0 radical (unpaired) electrons. The van der Waals surface area contributed by atoms with Gasteiger partial charge in [0.2, 0.25) is 10.0 Å². The van der Waals surface area contributed by atoms with E-state index in [9.17, 15) is 13.2 Å². The van der Waals surface area contributed by atoms with Gasteiger partial charge < -0.3 is 5.32 Å². The second-order valence-electron chi connectivity index (χ2n) is 5.04. The Kier molecular flexibility index (Phi) is 5.84. The van der Waals surface area contributed by atoms with Gasteiger partial charge in [0.05, 0.1) is 4.90 Å². The van der Waals surface area contributed by atoms with Crippen molar-refractivity contribution in [1.82, 2.24) is 15.0 Å². The van der Waals surface area contributed by atoms with Crippen molar-refractivity contribution in [3.8, 4) is 0 Å². The van der Waals surface area contributed by atoms with Gasteiger partial charge in [0.15, 0.2) is 0 Å². The molecule has 2 N–H and O–H groups in total. The lowest BCUT2D eigenvalue weighted by Crippen LogP contribution is -2.30. The maximum atomic E-state index is 12.1. The standard InChI is InChI=1S/C16H19N3O3S/c1-13-6-8-14(9-7-13)23(21,22)19-12-4-11-18-16(20)15-5-2-3-10-17-15/h2-3,5-10,19H,4,11-12H2,1H3,(H,18,20). The number of carbonyl (C=O) groups is 1. The van der Waals surface area contributed by atoms with Crippen LogP contribution >= 0.6 is 0 Å². The van der Waals surface area contributed by atoms with Crippen LogP contribution in [0.5, 0.6) is 0 Å². The van der Waals surface area contributed by atoms with Crippen LogP contribution < -0.4 is 10.0 Å². The number of amides is 1. The first kappa shape index (κ1) is 17.1. The van der Waals surface area contributed by atoms with E-state index in [0.29, 0.717) is 18.7 Å². The highest BCUT2D eigenvalue weighted by Crippen LogP contribution is 2.09. The molecule has 0 fully saturated rings. The molecule has 0 aliphatic carbocycles. The average molecular weight is 333 g/mol. The van der Waals surface area contributed by atoms with Crippen LogP contribution in [0.15, 0.2) is 53.6 Å². The van der Waals surface area contributed by atoms with E-state index in [-0.39, 0.29) is 17.3 Å². The van der Waals surface area contributed by atoms with Crippen LogP contribution in [-0.4, -0.2) is 32.4 Å². The van der Waals surface area contributed by atoms with Crippen LogP contribution in [-0.2, 0) is 10.0 Å². The number of hydrogen-bond donors (Lipinski definition) is 2. The van der Waals surface area contributed by atoms with E-state index in [4.69, 9.17) is 0 Å². The van der Waals surface area contributed by atoms with Gasteiger partial charge >= 0.3 is 0 Å². The number of benzene rings is 1. The number of rotatable bonds is 7. The van der Waals surface area contributed by atoms with E-state index in [1.54, 1.807) is 48.7 Å². The maximum absolute atomic E-state index is 12.1. The summed E-state index contributed by atoms with van der Waals surface area (Å²) in [6.45, 7) is 2.51. The molecule has 1 aromatic carbocycles. The third-order valence-electron chi connectivity index (χ3n) is 3.16. The average Bonchev–Trinajstić information content (AvgIpc) is 2.55. The van der Waals surface area contributed by atoms with E-state index in [0.717, 1.165) is 5.56 Å². The number of pyridine rings is 1. The molecular formula is C16H19N3O3S. The zero-order chi connectivity index (χ0) is 16.7. The summed E-state index contributed by atoms with van der Waals surface area (Å²) in [6, 6.07) is 11.7. The fourth-order valence-corrected chi connectivity index (χ4v) is 2.96. The third-order valence-corrected chi connectivity index (χ3v) is 4.64. The second kappa shape index (κ2) is 7.85. The summed E-state index contributed by atoms with van der Waals surface area (Å²) in [4.78, 5) is 15.9. The highest BCUT2D eigenvalue weighted by Gasteiger charge is 2.12. The van der Waals surface area contributed by atoms with Gasteiger partial charge in [0.25, 0.3) is 5.91 Å². The van der Waals surface area contributed by atoms with Crippen molar-refractivity contribution >= 4 is 15.9 Å². The van der Waals surface area contributed by atoms with E-state index < -0.39 is 10.0 Å². The molecular weight excluding hydrogens is 314 g/mol. The summed E-state index contributed by atoms with van der Waals surface area (Å²) in [5.41, 5.74) is 1.34. The molecule has 0 spiro atoms. The lowest BCUT2D eigenvalue weighted by molar-refractivity contribution is 0.0948. The van der Waals surface area contributed by atoms with Crippen LogP contribution in [0.25, 0.3) is 0 Å². The van der Waals surface area contributed by atoms with Gasteiger partial charge in [-0.05, 0) is 37.6 Å². The number of carbonyl (C=O) groups excluding carboxylic acids is 1. The van der Waals surface area contributed by atoms with Gasteiger partial charge in [0.1, 0.15) is 5.69 Å². The Bertz CT molecular complexity index is 744. The number of aromatic nitrogens is 1. The van der Waals surface area contributed by atoms with Crippen molar-refractivity contribution in [2.45, 2.75) is 18.2 Å². The lowest BCUT2D eigenvalue weighted by Gasteiger charge is -2.08. The predicted octanol–water partition coefficient (Wildman–Crippen LogP) is 1.49. The lowest BCUT2D eigenvalue weighted by atomic mass is 10.2. The van der Waals surface area contributed by atoms with Crippen LogP contribution in [0.4, 0.5) is 0 Å². The molecule has 1 amide bonds. The van der Waals surface area contributed by atoms with Crippen molar-refractivity contribution in [2.75, 3.05) is 13.1 Å². The van der Waals surface area contributed by atoms with Gasteiger partial charge in [-0.25, -0.2) is 13.1 Å². The Labute approximate surface area is 136 Å². The molecule has 0 aliphatic heterocycles. The van der Waals surface area contributed by atoms with Crippen LogP contribution in [0.3, 0.4) is 0 Å². The monoisotopic (exact) mass is 333 g/mol. The zero-order valence-electron chi connectivity index (χ0n) is 12.8. The third kappa shape index (κ3) is 5.15. The highest BCUT2D eigenvalue weighted by molar-refractivity contribution is 7.89. The highest BCUT2D eigenvalue weighted by atomic mass is 32.2. The van der Waals surface area contributed by atoms with Crippen molar-refractivity contribution in [3.63, 3.8) is 0 Å². The van der Waals surface area contributed by atoms with Gasteiger partial charge in [-0.15, -0.1) is 0 Å². The predicted molar refractivity (Wildman–Crippen MR) is 87.6 cm³/mol. The van der Waals surface area contributed by atoms with Crippen LogP contribution in [0.1, 0.15) is 22.5 Å². The van der Waals surface area contributed by atoms with Gasteiger partial charge in [0, 0.05) is 19.3 Å². The minimum Gasteiger partial charge on any atom is -0.351 e. The Morgan fingerprint density at radius 2 is 1.83 bits per heavy atom. The van der Waals surface area contributed by atoms with Crippen LogP contribution in [0.2, 0.25) is 0 Å². The van der Waals surface area contributed by atoms with Crippen molar-refractivity contribution in [3.05, 3.63) is 59.9 Å². The molecule has 0 saturated carbocycles. The molecule has 2 aromatic rings. The SMILES string of the molecule is Cc1ccc(S(=O)(=O)NCCCNC(=O)c2ccccn2)cc1. The summed E-state index contributed by atoms with van der Waals surface area (Å²) in [7, 11) is -3.50. The number of hydrogen-bond acceptors (Lipinski definition) is 4. The van der Waals surface area contributed by atoms with Crippen molar-refractivity contribution in [2.24, 2.45) is 0 Å². The summed E-state index contributed by atoms with van der Waals surface area (Å²) in [5.74, 6) is -0.271. The molecule has 23 heavy (non-hydrogen) atoms. The molecule has 1 aromatic heterocycles. The molecule has 6 nitrogen and oxygen atoms in total. The molecule has 7 heteroatoms. The van der Waals surface area contributed by atoms with E-state index in [1.165, 1.54) is 0 Å². The molecule has 0 unspecified atom stereocenters. The van der Waals surface area contributed by atoms with Gasteiger partial charge in [-0.3, -0.25) is 9.78 Å². The first-order chi connectivity index (χ1) is 11.0. The Balaban J connectivity index is 1.75. The van der Waals surface area contributed by atoms with E-state index in [2.05, 4.69) is 15.0 Å². The number of nitrogens with zero attached hydrogens (tertiary/aromatic N) is 1. The fraction of sp³-hybridized carbons (Fsp3) is 0.250. The van der Waals surface area contributed by atoms with E-state index in [1.807, 2.05) is 6.92 Å². The molecule has 0 saturated heterocycles. The summed E-state index contributed by atoms with van der Waals surface area (Å²) < 4.78 is 26.6. The smallest absolute Gasteiger partial charge is 0.269 e. The Hall–Kier alpha value is -2.25. The van der Waals surface area contributed by atoms with Gasteiger partial charge in [-0.2, -0.15) is 0 Å².